The predicted molar refractivity (Wildman–Crippen MR) is 49.7 cm³/mol. The zero-order chi connectivity index (χ0) is 11.7. The predicted octanol–water partition coefficient (Wildman–Crippen LogP) is 2.22. The normalized spacial score (nSPS) is 10.8. The van der Waals surface area contributed by atoms with Crippen molar-refractivity contribution in [1.82, 2.24) is 4.98 Å². The second-order valence-corrected chi connectivity index (χ2v) is 3.07. The number of rotatable bonds is 2. The number of oxazole rings is 1. The Balaban J connectivity index is 2.52. The summed E-state index contributed by atoms with van der Waals surface area (Å²) in [4.78, 5) is 3.81. The van der Waals surface area contributed by atoms with E-state index in [4.69, 9.17) is 10.2 Å². The minimum atomic E-state index is -1.55. The van der Waals surface area contributed by atoms with E-state index < -0.39 is 17.5 Å². The summed E-state index contributed by atoms with van der Waals surface area (Å²) in [6.45, 7) is 0.120. The number of aromatic nitrogens is 1. The molecule has 0 saturated carbocycles. The molecule has 0 bridgehead atoms. The lowest BCUT2D eigenvalue weighted by Gasteiger charge is -1.99. The van der Waals surface area contributed by atoms with E-state index in [0.29, 0.717) is 5.69 Å². The molecule has 16 heavy (non-hydrogen) atoms. The third-order valence-electron chi connectivity index (χ3n) is 2.03. The van der Waals surface area contributed by atoms with Gasteiger partial charge in [-0.25, -0.2) is 18.2 Å². The van der Waals surface area contributed by atoms with Crippen LogP contribution in [0.5, 0.6) is 0 Å². The molecule has 0 aliphatic rings. The Labute approximate surface area is 88.7 Å². The second-order valence-electron chi connectivity index (χ2n) is 3.07. The van der Waals surface area contributed by atoms with Gasteiger partial charge in [0.2, 0.25) is 5.89 Å². The van der Waals surface area contributed by atoms with E-state index in [2.05, 4.69) is 4.98 Å². The number of halogens is 3. The highest BCUT2D eigenvalue weighted by Gasteiger charge is 2.17. The molecule has 0 amide bonds. The van der Waals surface area contributed by atoms with Crippen LogP contribution >= 0.6 is 0 Å². The summed E-state index contributed by atoms with van der Waals surface area (Å²) >= 11 is 0. The van der Waals surface area contributed by atoms with Crippen LogP contribution < -0.4 is 5.73 Å². The van der Waals surface area contributed by atoms with Crippen LogP contribution in [0.3, 0.4) is 0 Å². The van der Waals surface area contributed by atoms with Gasteiger partial charge in [0.15, 0.2) is 17.5 Å². The topological polar surface area (TPSA) is 52.0 Å². The van der Waals surface area contributed by atoms with Crippen molar-refractivity contribution in [1.29, 1.82) is 0 Å². The highest BCUT2D eigenvalue weighted by atomic mass is 19.2. The number of nitrogens with two attached hydrogens (primary N) is 1. The molecular weight excluding hydrogens is 221 g/mol. The van der Waals surface area contributed by atoms with Gasteiger partial charge in [0.25, 0.3) is 0 Å². The maximum absolute atomic E-state index is 13.3. The Kier molecular flexibility index (Phi) is 2.66. The highest BCUT2D eigenvalue weighted by molar-refractivity contribution is 5.54. The Morgan fingerprint density at radius 2 is 1.94 bits per heavy atom. The molecule has 1 aromatic carbocycles. The largest absolute Gasteiger partial charge is 0.444 e. The van der Waals surface area contributed by atoms with E-state index in [0.717, 1.165) is 12.1 Å². The summed E-state index contributed by atoms with van der Waals surface area (Å²) in [7, 11) is 0. The van der Waals surface area contributed by atoms with E-state index >= 15 is 0 Å². The third-order valence-corrected chi connectivity index (χ3v) is 2.03. The van der Waals surface area contributed by atoms with Gasteiger partial charge in [-0.05, 0) is 12.1 Å². The zero-order valence-electron chi connectivity index (χ0n) is 8.01. The van der Waals surface area contributed by atoms with Gasteiger partial charge in [-0.2, -0.15) is 0 Å². The molecule has 0 aliphatic carbocycles. The lowest BCUT2D eigenvalue weighted by Crippen LogP contribution is -1.97. The average Bonchev–Trinajstić information content (AvgIpc) is 2.74. The molecule has 2 N–H and O–H groups in total. The van der Waals surface area contributed by atoms with Crippen molar-refractivity contribution in [3.63, 3.8) is 0 Å². The molecule has 2 aromatic rings. The first-order chi connectivity index (χ1) is 7.63. The van der Waals surface area contributed by atoms with Gasteiger partial charge in [-0.3, -0.25) is 0 Å². The van der Waals surface area contributed by atoms with Gasteiger partial charge in [0.05, 0.1) is 11.3 Å². The number of hydrogen-bond donors (Lipinski definition) is 1. The van der Waals surface area contributed by atoms with Crippen molar-refractivity contribution in [3.8, 4) is 11.5 Å². The van der Waals surface area contributed by atoms with Crippen molar-refractivity contribution >= 4 is 0 Å². The van der Waals surface area contributed by atoms with E-state index in [-0.39, 0.29) is 18.0 Å². The molecule has 0 spiro atoms. The first-order valence-electron chi connectivity index (χ1n) is 4.42. The van der Waals surface area contributed by atoms with Crippen LogP contribution in [0.15, 0.2) is 22.8 Å². The van der Waals surface area contributed by atoms with Crippen molar-refractivity contribution < 1.29 is 17.6 Å². The fourth-order valence-corrected chi connectivity index (χ4v) is 1.22. The summed E-state index contributed by atoms with van der Waals surface area (Å²) in [5.41, 5.74) is 5.45. The fraction of sp³-hybridized carbons (Fsp3) is 0.100. The van der Waals surface area contributed by atoms with Crippen LogP contribution in [0, 0.1) is 17.5 Å². The van der Waals surface area contributed by atoms with Crippen molar-refractivity contribution in [2.45, 2.75) is 6.54 Å². The van der Waals surface area contributed by atoms with Crippen LogP contribution in [-0.2, 0) is 6.54 Å². The number of nitrogens with zero attached hydrogens (tertiary/aromatic N) is 1. The molecular formula is C10H7F3N2O. The molecule has 1 heterocycles. The molecule has 6 heteroatoms. The molecule has 0 unspecified atom stereocenters. The molecule has 0 atom stereocenters. The first kappa shape index (κ1) is 10.7. The second kappa shape index (κ2) is 3.97. The van der Waals surface area contributed by atoms with Gasteiger partial charge >= 0.3 is 0 Å². The van der Waals surface area contributed by atoms with Crippen LogP contribution in [0.2, 0.25) is 0 Å². The molecule has 0 fully saturated rings. The van der Waals surface area contributed by atoms with E-state index in [1.165, 1.54) is 6.26 Å². The number of benzene rings is 1. The van der Waals surface area contributed by atoms with Crippen LogP contribution in [0.1, 0.15) is 5.69 Å². The third kappa shape index (κ3) is 1.67. The lowest BCUT2D eigenvalue weighted by atomic mass is 10.2. The smallest absolute Gasteiger partial charge is 0.229 e. The molecule has 1 aromatic heterocycles. The minimum Gasteiger partial charge on any atom is -0.444 e. The monoisotopic (exact) mass is 228 g/mol. The zero-order valence-corrected chi connectivity index (χ0v) is 8.01. The Bertz CT molecular complexity index is 525. The van der Waals surface area contributed by atoms with Gasteiger partial charge in [-0.15, -0.1) is 0 Å². The Morgan fingerprint density at radius 3 is 2.56 bits per heavy atom. The minimum absolute atomic E-state index is 0.120. The van der Waals surface area contributed by atoms with Crippen LogP contribution in [-0.4, -0.2) is 4.98 Å². The molecule has 0 saturated heterocycles. The lowest BCUT2D eigenvalue weighted by molar-refractivity contribution is 0.446. The SMILES string of the molecule is NCc1coc(-c2ccc(F)c(F)c2F)n1. The van der Waals surface area contributed by atoms with Crippen molar-refractivity contribution in [2.75, 3.05) is 0 Å². The molecule has 0 radical (unpaired) electrons. The first-order valence-corrected chi connectivity index (χ1v) is 4.42. The van der Waals surface area contributed by atoms with Gasteiger partial charge in [0, 0.05) is 6.54 Å². The van der Waals surface area contributed by atoms with E-state index in [9.17, 15) is 13.2 Å². The maximum Gasteiger partial charge on any atom is 0.229 e. The van der Waals surface area contributed by atoms with Crippen molar-refractivity contribution in [3.05, 3.63) is 41.5 Å². The quantitative estimate of drug-likeness (QED) is 0.802. The average molecular weight is 228 g/mol. The summed E-state index contributed by atoms with van der Waals surface area (Å²) < 4.78 is 43.8. The van der Waals surface area contributed by atoms with E-state index in [1.54, 1.807) is 0 Å². The molecule has 0 aliphatic heterocycles. The van der Waals surface area contributed by atoms with E-state index in [1.807, 2.05) is 0 Å². The summed E-state index contributed by atoms with van der Waals surface area (Å²) in [6.07, 6.45) is 1.23. The highest BCUT2D eigenvalue weighted by Crippen LogP contribution is 2.25. The standard InChI is InChI=1S/C10H7F3N2O/c11-7-2-1-6(8(12)9(7)13)10-15-5(3-14)4-16-10/h1-2,4H,3,14H2. The fourth-order valence-electron chi connectivity index (χ4n) is 1.22. The summed E-state index contributed by atoms with van der Waals surface area (Å²) in [5, 5.41) is 0. The van der Waals surface area contributed by atoms with Gasteiger partial charge in [-0.1, -0.05) is 0 Å². The van der Waals surface area contributed by atoms with Crippen LogP contribution in [0.25, 0.3) is 11.5 Å². The summed E-state index contributed by atoms with van der Waals surface area (Å²) in [6, 6.07) is 1.86. The molecule has 3 nitrogen and oxygen atoms in total. The van der Waals surface area contributed by atoms with Gasteiger partial charge in [0.1, 0.15) is 6.26 Å². The maximum atomic E-state index is 13.3. The molecule has 84 valence electrons. The van der Waals surface area contributed by atoms with Crippen LogP contribution in [0.4, 0.5) is 13.2 Å². The molecule has 2 rings (SSSR count). The van der Waals surface area contributed by atoms with Gasteiger partial charge < -0.3 is 10.2 Å². The summed E-state index contributed by atoms with van der Waals surface area (Å²) in [5.74, 6) is -4.26. The number of hydrogen-bond acceptors (Lipinski definition) is 3. The Hall–Kier alpha value is -1.82. The Morgan fingerprint density at radius 1 is 1.19 bits per heavy atom. The van der Waals surface area contributed by atoms with Crippen molar-refractivity contribution in [2.24, 2.45) is 5.73 Å².